The van der Waals surface area contributed by atoms with Crippen molar-refractivity contribution in [3.05, 3.63) is 26.4 Å². The van der Waals surface area contributed by atoms with Gasteiger partial charge in [-0.25, -0.2) is 13.6 Å². The first-order valence-corrected chi connectivity index (χ1v) is 8.47. The van der Waals surface area contributed by atoms with Gasteiger partial charge >= 0.3 is 5.69 Å². The Labute approximate surface area is 132 Å². The van der Waals surface area contributed by atoms with Crippen molar-refractivity contribution >= 4 is 5.82 Å². The summed E-state index contributed by atoms with van der Waals surface area (Å²) in [6.45, 7) is 0. The van der Waals surface area contributed by atoms with Crippen LogP contribution in [0.1, 0.15) is 56.6 Å². The van der Waals surface area contributed by atoms with Gasteiger partial charge in [-0.2, -0.15) is 0 Å². The molecule has 7 heteroatoms. The van der Waals surface area contributed by atoms with E-state index in [1.165, 1.54) is 4.57 Å². The summed E-state index contributed by atoms with van der Waals surface area (Å²) in [6.07, 6.45) is 3.97. The molecule has 0 amide bonds. The molecule has 0 saturated heterocycles. The van der Waals surface area contributed by atoms with Crippen LogP contribution in [0.2, 0.25) is 0 Å². The average Bonchev–Trinajstić information content (AvgIpc) is 3.31. The van der Waals surface area contributed by atoms with Crippen molar-refractivity contribution in [3.63, 3.8) is 0 Å². The fraction of sp³-hybridized carbons (Fsp3) is 0.750. The third-order valence-electron chi connectivity index (χ3n) is 5.51. The zero-order valence-electron chi connectivity index (χ0n) is 12.9. The number of fused-ring (bicyclic) bond motifs is 1. The number of hydrogen-bond acceptors (Lipinski definition) is 3. The van der Waals surface area contributed by atoms with E-state index >= 15 is 0 Å². The van der Waals surface area contributed by atoms with Gasteiger partial charge in [0, 0.05) is 24.9 Å². The quantitative estimate of drug-likeness (QED) is 0.877. The molecule has 2 heterocycles. The molecule has 126 valence electrons. The predicted octanol–water partition coefficient (Wildman–Crippen LogP) is 2.42. The van der Waals surface area contributed by atoms with E-state index in [9.17, 15) is 18.4 Å². The number of nitrogens with zero attached hydrogens (tertiary/aromatic N) is 1. The number of aromatic amines is 1. The second-order valence-corrected chi connectivity index (χ2v) is 7.17. The normalized spacial score (nSPS) is 27.3. The summed E-state index contributed by atoms with van der Waals surface area (Å²) in [6, 6.07) is 0.111. The van der Waals surface area contributed by atoms with Gasteiger partial charge < -0.3 is 5.32 Å². The summed E-state index contributed by atoms with van der Waals surface area (Å²) in [5.41, 5.74) is 0.0841. The molecule has 0 bridgehead atoms. The van der Waals surface area contributed by atoms with Gasteiger partial charge in [0.2, 0.25) is 5.92 Å². The van der Waals surface area contributed by atoms with Crippen molar-refractivity contribution in [1.82, 2.24) is 9.55 Å². The van der Waals surface area contributed by atoms with Crippen LogP contribution >= 0.6 is 0 Å². The molecule has 0 spiro atoms. The van der Waals surface area contributed by atoms with Gasteiger partial charge in [-0.15, -0.1) is 0 Å². The summed E-state index contributed by atoms with van der Waals surface area (Å²) < 4.78 is 27.9. The van der Waals surface area contributed by atoms with E-state index in [-0.39, 0.29) is 42.1 Å². The molecule has 1 aromatic rings. The van der Waals surface area contributed by atoms with Gasteiger partial charge in [0.05, 0.1) is 5.56 Å². The van der Waals surface area contributed by atoms with Crippen molar-refractivity contribution < 1.29 is 8.78 Å². The van der Waals surface area contributed by atoms with Crippen molar-refractivity contribution in [3.8, 4) is 0 Å². The lowest BCUT2D eigenvalue weighted by Crippen LogP contribution is -2.44. The number of hydrogen-bond donors (Lipinski definition) is 2. The average molecular weight is 325 g/mol. The van der Waals surface area contributed by atoms with E-state index in [0.717, 1.165) is 19.3 Å². The van der Waals surface area contributed by atoms with E-state index in [4.69, 9.17) is 0 Å². The first-order chi connectivity index (χ1) is 10.9. The van der Waals surface area contributed by atoms with Gasteiger partial charge in [-0.3, -0.25) is 14.3 Å². The Morgan fingerprint density at radius 3 is 2.39 bits per heavy atom. The molecule has 1 aromatic heterocycles. The maximum Gasteiger partial charge on any atom is 0.330 e. The van der Waals surface area contributed by atoms with Crippen LogP contribution < -0.4 is 16.6 Å². The molecule has 1 aliphatic heterocycles. The summed E-state index contributed by atoms with van der Waals surface area (Å²) >= 11 is 0. The second kappa shape index (κ2) is 5.18. The van der Waals surface area contributed by atoms with Gasteiger partial charge in [0.25, 0.3) is 5.56 Å². The van der Waals surface area contributed by atoms with Crippen LogP contribution in [0.5, 0.6) is 0 Å². The topological polar surface area (TPSA) is 66.9 Å². The van der Waals surface area contributed by atoms with E-state index in [1.54, 1.807) is 0 Å². The molecular weight excluding hydrogens is 304 g/mol. The lowest BCUT2D eigenvalue weighted by Gasteiger charge is -2.37. The van der Waals surface area contributed by atoms with Crippen molar-refractivity contribution in [1.29, 1.82) is 0 Å². The molecule has 0 radical (unpaired) electrons. The Morgan fingerprint density at radius 2 is 1.74 bits per heavy atom. The first-order valence-electron chi connectivity index (χ1n) is 8.47. The summed E-state index contributed by atoms with van der Waals surface area (Å²) in [5, 5.41) is 3.25. The molecular formula is C16H21F2N3O2. The lowest BCUT2D eigenvalue weighted by molar-refractivity contribution is -0.0478. The van der Waals surface area contributed by atoms with Crippen LogP contribution in [0, 0.1) is 5.92 Å². The SMILES string of the molecule is O=c1[nH]c2c(c(=O)n1C1CC1)CC[C@H](C1CCC(F)(F)CC1)N2. The van der Waals surface area contributed by atoms with Gasteiger partial charge in [-0.1, -0.05) is 0 Å². The van der Waals surface area contributed by atoms with Gasteiger partial charge in [-0.05, 0) is 44.4 Å². The number of H-pyrrole nitrogens is 1. The minimum Gasteiger partial charge on any atom is -0.368 e. The number of nitrogens with one attached hydrogen (secondary N) is 2. The van der Waals surface area contributed by atoms with Crippen LogP contribution in [0.4, 0.5) is 14.6 Å². The maximum absolute atomic E-state index is 13.3. The van der Waals surface area contributed by atoms with Crippen LogP contribution in [0.25, 0.3) is 0 Å². The molecule has 0 unspecified atom stereocenters. The highest BCUT2D eigenvalue weighted by Crippen LogP contribution is 2.40. The highest BCUT2D eigenvalue weighted by molar-refractivity contribution is 5.46. The highest BCUT2D eigenvalue weighted by atomic mass is 19.3. The Morgan fingerprint density at radius 1 is 1.04 bits per heavy atom. The molecule has 2 aliphatic carbocycles. The zero-order chi connectivity index (χ0) is 16.2. The Kier molecular flexibility index (Phi) is 3.35. The Bertz CT molecular complexity index is 726. The number of anilines is 1. The Hall–Kier alpha value is -1.66. The number of rotatable bonds is 2. The predicted molar refractivity (Wildman–Crippen MR) is 82.2 cm³/mol. The second-order valence-electron chi connectivity index (χ2n) is 7.17. The standard InChI is InChI=1S/C16H21F2N3O2/c17-16(18)7-5-9(6-8-16)12-4-3-11-13(19-12)20-15(23)21(14(11)22)10-1-2-10/h9-10,12,19H,1-8H2,(H,20,23)/t12-/m1/s1. The molecule has 0 aromatic carbocycles. The summed E-state index contributed by atoms with van der Waals surface area (Å²) in [7, 11) is 0. The third kappa shape index (κ3) is 2.70. The number of alkyl halides is 2. The van der Waals surface area contributed by atoms with Gasteiger partial charge in [0.15, 0.2) is 0 Å². The molecule has 2 N–H and O–H groups in total. The molecule has 3 aliphatic rings. The minimum absolute atomic E-state index is 0.0508. The fourth-order valence-electron chi connectivity index (χ4n) is 3.98. The highest BCUT2D eigenvalue weighted by Gasteiger charge is 2.39. The molecule has 4 rings (SSSR count). The maximum atomic E-state index is 13.3. The molecule has 1 atom stereocenters. The van der Waals surface area contributed by atoms with Crippen molar-refractivity contribution in [2.24, 2.45) is 5.92 Å². The van der Waals surface area contributed by atoms with E-state index in [0.29, 0.717) is 30.6 Å². The van der Waals surface area contributed by atoms with E-state index in [1.807, 2.05) is 0 Å². The van der Waals surface area contributed by atoms with Crippen LogP contribution in [-0.2, 0) is 6.42 Å². The van der Waals surface area contributed by atoms with Gasteiger partial charge in [0.1, 0.15) is 5.82 Å². The largest absolute Gasteiger partial charge is 0.368 e. The van der Waals surface area contributed by atoms with Crippen LogP contribution in [0.3, 0.4) is 0 Å². The molecule has 23 heavy (non-hydrogen) atoms. The van der Waals surface area contributed by atoms with Crippen LogP contribution in [0.15, 0.2) is 9.59 Å². The van der Waals surface area contributed by atoms with Crippen molar-refractivity contribution in [2.75, 3.05) is 5.32 Å². The summed E-state index contributed by atoms with van der Waals surface area (Å²) in [5.74, 6) is -1.85. The minimum atomic E-state index is -2.53. The van der Waals surface area contributed by atoms with E-state index in [2.05, 4.69) is 10.3 Å². The monoisotopic (exact) mass is 325 g/mol. The Balaban J connectivity index is 1.56. The number of halogens is 2. The van der Waals surface area contributed by atoms with Crippen molar-refractivity contribution in [2.45, 2.75) is 69.4 Å². The summed E-state index contributed by atoms with van der Waals surface area (Å²) in [4.78, 5) is 27.4. The smallest absolute Gasteiger partial charge is 0.330 e. The third-order valence-corrected chi connectivity index (χ3v) is 5.51. The fourth-order valence-corrected chi connectivity index (χ4v) is 3.98. The lowest BCUT2D eigenvalue weighted by atomic mass is 9.79. The van der Waals surface area contributed by atoms with E-state index < -0.39 is 5.92 Å². The zero-order valence-corrected chi connectivity index (χ0v) is 12.9. The molecule has 2 saturated carbocycles. The molecule has 5 nitrogen and oxygen atoms in total. The first kappa shape index (κ1) is 14.9. The van der Waals surface area contributed by atoms with Crippen LogP contribution in [-0.4, -0.2) is 21.5 Å². The molecule has 2 fully saturated rings. The number of aromatic nitrogens is 2.